The maximum atomic E-state index is 12.4. The van der Waals surface area contributed by atoms with E-state index < -0.39 is 11.3 Å². The van der Waals surface area contributed by atoms with Crippen LogP contribution in [0.25, 0.3) is 0 Å². The Bertz CT molecular complexity index is 794. The van der Waals surface area contributed by atoms with Gasteiger partial charge in [0, 0.05) is 5.69 Å². The average molecular weight is 342 g/mol. The maximum absolute atomic E-state index is 12.4. The number of anilines is 1. The van der Waals surface area contributed by atoms with Gasteiger partial charge in [0.05, 0.1) is 12.1 Å². The molecule has 1 atom stereocenters. The van der Waals surface area contributed by atoms with Gasteiger partial charge in [-0.3, -0.25) is 14.5 Å². The number of amides is 2. The van der Waals surface area contributed by atoms with Crippen LogP contribution in [0.15, 0.2) is 54.6 Å². The molecule has 122 valence electrons. The predicted octanol–water partition coefficient (Wildman–Crippen LogP) is 3.02. The predicted molar refractivity (Wildman–Crippen MR) is 90.8 cm³/mol. The summed E-state index contributed by atoms with van der Waals surface area (Å²) in [5.74, 6) is -1.39. The number of nitrogens with one attached hydrogen (secondary N) is 1. The molecule has 7 heteroatoms. The lowest BCUT2D eigenvalue weighted by molar-refractivity contribution is -0.126. The Morgan fingerprint density at radius 2 is 1.88 bits per heavy atom. The summed E-state index contributed by atoms with van der Waals surface area (Å²) in [5, 5.41) is 10.8. The van der Waals surface area contributed by atoms with Crippen molar-refractivity contribution in [2.24, 2.45) is 0 Å². The standard InChI is InChI=1S/C17H14N2O4S/c20-15-14(18-13-8-4-7-12(9-13)16(21)22)24-17(23)19(15)10-11-5-2-1-3-6-11/h1-9,14,18H,10H2,(H,21,22). The van der Waals surface area contributed by atoms with E-state index in [2.05, 4.69) is 5.32 Å². The van der Waals surface area contributed by atoms with E-state index in [9.17, 15) is 14.4 Å². The lowest BCUT2D eigenvalue weighted by Gasteiger charge is -2.15. The Balaban J connectivity index is 1.72. The summed E-state index contributed by atoms with van der Waals surface area (Å²) in [7, 11) is 0. The molecule has 1 heterocycles. The normalized spacial score (nSPS) is 17.2. The van der Waals surface area contributed by atoms with Crippen molar-refractivity contribution in [1.29, 1.82) is 0 Å². The third-order valence-electron chi connectivity index (χ3n) is 3.52. The van der Waals surface area contributed by atoms with Crippen molar-refractivity contribution >= 4 is 34.6 Å². The fourth-order valence-corrected chi connectivity index (χ4v) is 3.25. The van der Waals surface area contributed by atoms with Crippen LogP contribution in [-0.4, -0.2) is 32.5 Å². The van der Waals surface area contributed by atoms with E-state index in [1.165, 1.54) is 17.0 Å². The highest BCUT2D eigenvalue weighted by atomic mass is 32.2. The molecule has 2 amide bonds. The first-order chi connectivity index (χ1) is 11.5. The number of hydrogen-bond acceptors (Lipinski definition) is 5. The summed E-state index contributed by atoms with van der Waals surface area (Å²) in [6.45, 7) is 0.221. The molecular formula is C17H14N2O4S. The van der Waals surface area contributed by atoms with Crippen LogP contribution in [0.2, 0.25) is 0 Å². The van der Waals surface area contributed by atoms with Crippen molar-refractivity contribution in [3.05, 3.63) is 65.7 Å². The van der Waals surface area contributed by atoms with Gasteiger partial charge in [0.2, 0.25) is 0 Å². The summed E-state index contributed by atoms with van der Waals surface area (Å²) in [5.41, 5.74) is 1.46. The van der Waals surface area contributed by atoms with Gasteiger partial charge in [0.1, 0.15) is 0 Å². The zero-order valence-corrected chi connectivity index (χ0v) is 13.3. The first kappa shape index (κ1) is 16.1. The highest BCUT2D eigenvalue weighted by molar-refractivity contribution is 8.15. The van der Waals surface area contributed by atoms with Crippen molar-refractivity contribution in [3.63, 3.8) is 0 Å². The fourth-order valence-electron chi connectivity index (χ4n) is 2.34. The number of carbonyl (C=O) groups excluding carboxylic acids is 2. The van der Waals surface area contributed by atoms with E-state index in [0.29, 0.717) is 5.69 Å². The molecule has 0 spiro atoms. The van der Waals surface area contributed by atoms with Crippen molar-refractivity contribution in [2.45, 2.75) is 11.9 Å². The second-order valence-corrected chi connectivity index (χ2v) is 6.26. The second-order valence-electron chi connectivity index (χ2n) is 5.20. The van der Waals surface area contributed by atoms with Crippen LogP contribution < -0.4 is 5.32 Å². The molecule has 1 saturated heterocycles. The summed E-state index contributed by atoms with van der Waals surface area (Å²) >= 11 is 0.889. The van der Waals surface area contributed by atoms with Crippen LogP contribution in [0.5, 0.6) is 0 Å². The molecule has 24 heavy (non-hydrogen) atoms. The zero-order valence-electron chi connectivity index (χ0n) is 12.5. The quantitative estimate of drug-likeness (QED) is 0.868. The molecule has 2 N–H and O–H groups in total. The van der Waals surface area contributed by atoms with Crippen LogP contribution in [0.1, 0.15) is 15.9 Å². The van der Waals surface area contributed by atoms with Gasteiger partial charge in [-0.15, -0.1) is 0 Å². The molecule has 0 aliphatic carbocycles. The summed E-state index contributed by atoms with van der Waals surface area (Å²) < 4.78 is 0. The first-order valence-corrected chi connectivity index (χ1v) is 8.08. The molecule has 1 aliphatic heterocycles. The number of carbonyl (C=O) groups is 3. The molecule has 2 aromatic carbocycles. The number of aromatic carboxylic acids is 1. The lowest BCUT2D eigenvalue weighted by atomic mass is 10.2. The molecule has 0 bridgehead atoms. The van der Waals surface area contributed by atoms with Crippen LogP contribution in [-0.2, 0) is 11.3 Å². The van der Waals surface area contributed by atoms with Gasteiger partial charge in [-0.25, -0.2) is 4.79 Å². The van der Waals surface area contributed by atoms with Gasteiger partial charge >= 0.3 is 5.97 Å². The van der Waals surface area contributed by atoms with Crippen LogP contribution in [0.4, 0.5) is 10.5 Å². The number of carboxylic acids is 1. The number of imide groups is 1. The number of carboxylic acid groups (broad SMARTS) is 1. The largest absolute Gasteiger partial charge is 0.478 e. The minimum Gasteiger partial charge on any atom is -0.478 e. The average Bonchev–Trinajstić information content (AvgIpc) is 2.83. The number of hydrogen-bond donors (Lipinski definition) is 2. The molecule has 0 radical (unpaired) electrons. The third kappa shape index (κ3) is 3.41. The van der Waals surface area contributed by atoms with Crippen molar-refractivity contribution in [2.75, 3.05) is 5.32 Å². The Labute approximate surface area is 142 Å². The molecule has 1 fully saturated rings. The Hall–Kier alpha value is -2.80. The number of rotatable bonds is 5. The molecule has 6 nitrogen and oxygen atoms in total. The molecule has 1 unspecified atom stereocenters. The second kappa shape index (κ2) is 6.76. The van der Waals surface area contributed by atoms with Gasteiger partial charge in [-0.05, 0) is 35.5 Å². The summed E-state index contributed by atoms with van der Waals surface area (Å²) in [6, 6.07) is 15.4. The van der Waals surface area contributed by atoms with Gasteiger partial charge in [0.25, 0.3) is 11.1 Å². The molecule has 1 aliphatic rings. The Kier molecular flexibility index (Phi) is 4.52. The highest BCUT2D eigenvalue weighted by Gasteiger charge is 2.39. The third-order valence-corrected chi connectivity index (χ3v) is 4.50. The lowest BCUT2D eigenvalue weighted by Crippen LogP contribution is -2.33. The topological polar surface area (TPSA) is 86.7 Å². The van der Waals surface area contributed by atoms with Crippen LogP contribution in [0, 0.1) is 0 Å². The maximum Gasteiger partial charge on any atom is 0.335 e. The Morgan fingerprint density at radius 3 is 2.58 bits per heavy atom. The molecule has 2 aromatic rings. The molecule has 0 aromatic heterocycles. The van der Waals surface area contributed by atoms with Gasteiger partial charge in [-0.1, -0.05) is 36.4 Å². The number of thioether (sulfide) groups is 1. The minimum atomic E-state index is -1.05. The minimum absolute atomic E-state index is 0.114. The van der Waals surface area contributed by atoms with Crippen LogP contribution >= 0.6 is 11.8 Å². The summed E-state index contributed by atoms with van der Waals surface area (Å²) in [4.78, 5) is 36.7. The first-order valence-electron chi connectivity index (χ1n) is 7.20. The van der Waals surface area contributed by atoms with Gasteiger partial charge in [0.15, 0.2) is 5.37 Å². The van der Waals surface area contributed by atoms with E-state index in [1.54, 1.807) is 12.1 Å². The van der Waals surface area contributed by atoms with Crippen molar-refractivity contribution in [1.82, 2.24) is 4.90 Å². The van der Waals surface area contributed by atoms with E-state index in [-0.39, 0.29) is 23.3 Å². The summed E-state index contributed by atoms with van der Waals surface area (Å²) in [6.07, 6.45) is 0. The number of nitrogens with zero attached hydrogens (tertiary/aromatic N) is 1. The molecule has 3 rings (SSSR count). The SMILES string of the molecule is O=C(O)c1cccc(NC2SC(=O)N(Cc3ccccc3)C2=O)c1. The molecule has 0 saturated carbocycles. The zero-order chi connectivity index (χ0) is 17.1. The van der Waals surface area contributed by atoms with Crippen molar-refractivity contribution < 1.29 is 19.5 Å². The fraction of sp³-hybridized carbons (Fsp3) is 0.118. The van der Waals surface area contributed by atoms with Gasteiger partial charge in [-0.2, -0.15) is 0 Å². The monoisotopic (exact) mass is 342 g/mol. The van der Waals surface area contributed by atoms with Crippen LogP contribution in [0.3, 0.4) is 0 Å². The number of benzene rings is 2. The van der Waals surface area contributed by atoms with E-state index in [4.69, 9.17) is 5.11 Å². The molecular weight excluding hydrogens is 328 g/mol. The van der Waals surface area contributed by atoms with Gasteiger partial charge < -0.3 is 10.4 Å². The van der Waals surface area contributed by atoms with E-state index >= 15 is 0 Å². The van der Waals surface area contributed by atoms with E-state index in [0.717, 1.165) is 17.3 Å². The smallest absolute Gasteiger partial charge is 0.335 e. The highest BCUT2D eigenvalue weighted by Crippen LogP contribution is 2.29. The van der Waals surface area contributed by atoms with Crippen molar-refractivity contribution in [3.8, 4) is 0 Å². The van der Waals surface area contributed by atoms with E-state index in [1.807, 2.05) is 30.3 Å². The Morgan fingerprint density at radius 1 is 1.12 bits per heavy atom.